The van der Waals surface area contributed by atoms with Gasteiger partial charge in [-0.15, -0.1) is 13.2 Å². The number of para-hydroxylation sites is 3. The van der Waals surface area contributed by atoms with E-state index in [0.29, 0.717) is 132 Å². The number of nitrogens with two attached hydrogens (primary N) is 1. The van der Waals surface area contributed by atoms with E-state index in [4.69, 9.17) is 29.3 Å². The number of alkyl halides is 3. The number of aliphatic hydroxyl groups is 2. The molecule has 3 fully saturated rings. The molecule has 135 heavy (non-hydrogen) atoms. The van der Waals surface area contributed by atoms with Crippen molar-refractivity contribution >= 4 is 120 Å². The second-order valence-corrected chi connectivity index (χ2v) is 33.7. The summed E-state index contributed by atoms with van der Waals surface area (Å²) in [4.78, 5) is 120. The Labute approximate surface area is 769 Å². The number of halogens is 3. The number of nitro benzene ring substituents is 2. The highest BCUT2D eigenvalue weighted by Gasteiger charge is 2.34. The molecule has 0 bridgehead atoms. The van der Waals surface area contributed by atoms with Gasteiger partial charge in [-0.25, -0.2) is 19.9 Å². The number of nitrogens with zero attached hydrogens (tertiary/aromatic N) is 14. The fourth-order valence-electron chi connectivity index (χ4n) is 15.4. The monoisotopic (exact) mass is 1850 g/mol. The van der Waals surface area contributed by atoms with Crippen molar-refractivity contribution in [3.63, 3.8) is 0 Å². The number of ether oxygens (including phenoxy) is 4. The van der Waals surface area contributed by atoms with Crippen LogP contribution >= 0.6 is 0 Å². The first-order valence-electron chi connectivity index (χ1n) is 43.7. The quantitative estimate of drug-likeness (QED) is 0.00999. The number of benzene rings is 7. The Morgan fingerprint density at radius 3 is 1.95 bits per heavy atom. The van der Waals surface area contributed by atoms with E-state index in [2.05, 4.69) is 89.9 Å². The molecule has 0 unspecified atom stereocenters. The van der Waals surface area contributed by atoms with Crippen molar-refractivity contribution in [3.8, 4) is 34.1 Å². The molecule has 0 spiro atoms. The van der Waals surface area contributed by atoms with E-state index < -0.39 is 51.2 Å². The Balaban J connectivity index is 0.000000147. The number of amides is 5. The number of anilines is 5. The van der Waals surface area contributed by atoms with E-state index in [-0.39, 0.29) is 87.5 Å². The first-order valence-corrected chi connectivity index (χ1v) is 43.7. The molecular weight excluding hydrogens is 1750 g/mol. The number of primary amides is 1. The van der Waals surface area contributed by atoms with Gasteiger partial charge >= 0.3 is 12.3 Å². The highest BCUT2D eigenvalue weighted by Crippen LogP contribution is 2.41. The number of imidazole rings is 3. The van der Waals surface area contributed by atoms with Crippen molar-refractivity contribution in [2.75, 3.05) is 80.5 Å². The Bertz CT molecular complexity index is 6650. The van der Waals surface area contributed by atoms with Crippen molar-refractivity contribution in [2.45, 2.75) is 131 Å². The third-order valence-corrected chi connectivity index (χ3v) is 22.4. The van der Waals surface area contributed by atoms with Crippen LogP contribution in [0.25, 0.3) is 66.6 Å². The minimum Gasteiger partial charge on any atom is -0.444 e. The van der Waals surface area contributed by atoms with Gasteiger partial charge in [0.25, 0.3) is 40.9 Å². The Hall–Kier alpha value is -15.2. The van der Waals surface area contributed by atoms with Gasteiger partial charge in [0.15, 0.2) is 17.2 Å². The lowest BCUT2D eigenvalue weighted by atomic mass is 9.93. The Morgan fingerprint density at radius 2 is 1.28 bits per heavy atom. The number of nitrogens with one attached hydrogen (secondary N) is 6. The predicted molar refractivity (Wildman–Crippen MR) is 494 cm³/mol. The van der Waals surface area contributed by atoms with Crippen LogP contribution in [0.15, 0.2) is 187 Å². The molecule has 0 radical (unpaired) electrons. The highest BCUT2D eigenvalue weighted by molar-refractivity contribution is 6.08. The first-order chi connectivity index (χ1) is 64.8. The number of pyridine rings is 1. The SMILES string of the molecule is CC(C)(C)C(=O)Oc1ccc2c(c1)nc(NC(=O)c1cccc([N+](=O)[O-])c1)n2CCCO.CC(C)CCNC(=O)c1ccc2c(c1)nc(Nc1n[nH]c3ccc(-c4ccccc4OC(F)(F)F)cc13)n2C1CCC(O)CC1.Cc1cc(-c2nc(C(=O)Nc3cn(C4CCOCC4)nc3C(N)=O)co2)ccn1.O=C(Nc1nc2ccccc2n1CCN1CCOCC1)c1cccc([N+](=O)[O-])c1. The molecule has 3 aliphatic rings. The van der Waals surface area contributed by atoms with Gasteiger partial charge in [0.1, 0.15) is 17.8 Å². The number of carbonyl (C=O) groups is 6. The lowest BCUT2D eigenvalue weighted by Gasteiger charge is -2.28. The maximum absolute atomic E-state index is 13.1. The molecule has 2 aliphatic heterocycles. The molecule has 704 valence electrons. The summed E-state index contributed by atoms with van der Waals surface area (Å²) >= 11 is 0. The molecule has 17 rings (SSSR count). The summed E-state index contributed by atoms with van der Waals surface area (Å²) in [6, 6.07) is 44.0. The summed E-state index contributed by atoms with van der Waals surface area (Å²) in [5.74, 6) is -0.405. The van der Waals surface area contributed by atoms with Gasteiger partial charge in [-0.05, 0) is 175 Å². The van der Waals surface area contributed by atoms with Crippen LogP contribution in [-0.2, 0) is 27.4 Å². The smallest absolute Gasteiger partial charge is 0.444 e. The third-order valence-electron chi connectivity index (χ3n) is 22.4. The number of hydrogen-bond acceptors (Lipinski definition) is 26. The fraction of sp³-hybridized carbons (Fsp3) is 0.330. The van der Waals surface area contributed by atoms with Crippen LogP contribution < -0.4 is 41.8 Å². The predicted octanol–water partition coefficient (Wildman–Crippen LogP) is 15.5. The lowest BCUT2D eigenvalue weighted by Crippen LogP contribution is -2.38. The summed E-state index contributed by atoms with van der Waals surface area (Å²) in [5.41, 5.74) is 12.9. The van der Waals surface area contributed by atoms with Crippen LogP contribution in [0.5, 0.6) is 11.5 Å². The minimum absolute atomic E-state index is 0.00156. The second-order valence-electron chi connectivity index (χ2n) is 33.7. The van der Waals surface area contributed by atoms with Gasteiger partial charge in [0, 0.05) is 147 Å². The van der Waals surface area contributed by atoms with Gasteiger partial charge in [-0.1, -0.05) is 62.4 Å². The zero-order valence-electron chi connectivity index (χ0n) is 74.6. The van der Waals surface area contributed by atoms with Crippen molar-refractivity contribution in [1.29, 1.82) is 0 Å². The topological polar surface area (TPSA) is 494 Å². The molecule has 7 aromatic carbocycles. The normalized spacial score (nSPS) is 14.8. The first kappa shape index (κ1) is 95.9. The standard InChI is InChI=1S/C33H35F3N6O3.C22H24N4O6.C20H21N5O4.C19H20N6O4/c1-19(2)15-16-37-31(44)21-8-14-28-27(18-21)38-32(42(28)22-9-11-23(43)12-10-22)39-30-25-17-20(7-13-26(25)40-41-30)24-5-3-4-6-29(24)45-33(34,35)36;1-22(2,3)20(29)32-16-8-9-18-17(13-16)23-21(25(18)10-5-11-27)24-19(28)14-6-4-7-15(12-14)26(30)31;26-19(15-4-3-5-16(14-15)25(27)28)22-20-21-17-6-1-2-7-18(17)24(20)9-8-23-10-12-29-13-11-23;1-11-8-12(2-5-21-11)19-23-15(10-29-19)18(27)22-14-9-25(24-16(14)17(20)26)13-3-6-28-7-4-13/h3-8,13-14,17-19,22-23,43H,9-12,15-16H2,1-2H3,(H,37,44)(H2,38,39,40,41);4,6-9,12-13,27H,5,10-11H2,1-3H3,(H,23,24,28);1-7,14H,8-13H2,(H,21,22,26);2,5,8-10,13H,3-4,6-7H2,1H3,(H2,20,26)(H,22,27). The number of aromatic amines is 1. The molecule has 1 aliphatic carbocycles. The van der Waals surface area contributed by atoms with Crippen LogP contribution in [0.2, 0.25) is 0 Å². The highest BCUT2D eigenvalue weighted by atomic mass is 19.4. The fourth-order valence-corrected chi connectivity index (χ4v) is 15.4. The van der Waals surface area contributed by atoms with Crippen LogP contribution in [0.1, 0.15) is 156 Å². The number of fused-ring (bicyclic) bond motifs is 4. The van der Waals surface area contributed by atoms with E-state index >= 15 is 0 Å². The van der Waals surface area contributed by atoms with Crippen molar-refractivity contribution in [2.24, 2.45) is 17.1 Å². The molecule has 38 nitrogen and oxygen atoms in total. The molecule has 5 amide bonds. The number of morpholine rings is 1. The average Bonchev–Trinajstić information content (AvgIpc) is 1.61. The number of nitro groups is 2. The second kappa shape index (κ2) is 43.0. The summed E-state index contributed by atoms with van der Waals surface area (Å²) < 4.78 is 72.6. The van der Waals surface area contributed by atoms with Gasteiger partial charge in [-0.3, -0.25) is 79.3 Å². The zero-order valence-corrected chi connectivity index (χ0v) is 74.6. The molecule has 10 N–H and O–H groups in total. The number of esters is 1. The number of aliphatic hydroxyl groups excluding tert-OH is 2. The van der Waals surface area contributed by atoms with Crippen molar-refractivity contribution in [3.05, 3.63) is 236 Å². The molecule has 2 saturated heterocycles. The minimum atomic E-state index is -4.83. The van der Waals surface area contributed by atoms with Crippen molar-refractivity contribution < 1.29 is 85.4 Å². The number of rotatable bonds is 27. The number of non-ortho nitro benzene ring substituents is 2. The van der Waals surface area contributed by atoms with Crippen LogP contribution in [0.3, 0.4) is 0 Å². The lowest BCUT2D eigenvalue weighted by molar-refractivity contribution is -0.385. The van der Waals surface area contributed by atoms with Crippen LogP contribution in [0, 0.1) is 38.5 Å². The molecule has 7 aromatic heterocycles. The van der Waals surface area contributed by atoms with E-state index in [1.54, 1.807) is 121 Å². The largest absolute Gasteiger partial charge is 0.573 e. The molecule has 1 saturated carbocycles. The average molecular weight is 1850 g/mol. The Kier molecular flexibility index (Phi) is 30.5. The van der Waals surface area contributed by atoms with E-state index in [1.165, 1.54) is 60.9 Å². The van der Waals surface area contributed by atoms with Crippen LogP contribution in [-0.4, -0.2) is 191 Å². The number of hydrogen-bond donors (Lipinski definition) is 9. The number of carbonyl (C=O) groups excluding carboxylic acids is 6. The summed E-state index contributed by atoms with van der Waals surface area (Å²) in [5, 5.41) is 68.2. The molecule has 9 heterocycles. The number of aromatic nitrogens is 12. The molecular formula is C94H100F3N21O17. The number of H-pyrrole nitrogens is 1. The van der Waals surface area contributed by atoms with Crippen molar-refractivity contribution in [1.82, 2.24) is 68.8 Å². The molecule has 41 heteroatoms. The zero-order chi connectivity index (χ0) is 95.8. The molecule has 14 aromatic rings. The van der Waals surface area contributed by atoms with Gasteiger partial charge < -0.3 is 69.0 Å². The number of aryl methyl sites for hydroxylation is 2. The maximum Gasteiger partial charge on any atom is 0.573 e. The molecule has 0 atom stereocenters. The third kappa shape index (κ3) is 24.4. The summed E-state index contributed by atoms with van der Waals surface area (Å²) in [6.45, 7) is 18.1. The summed E-state index contributed by atoms with van der Waals surface area (Å²) in [6.07, 6.45) is 5.00. The summed E-state index contributed by atoms with van der Waals surface area (Å²) in [7, 11) is 0. The number of oxazole rings is 1. The maximum atomic E-state index is 13.1. The van der Waals surface area contributed by atoms with E-state index in [1.807, 2.05) is 41.8 Å². The van der Waals surface area contributed by atoms with Gasteiger partial charge in [0.2, 0.25) is 23.7 Å². The van der Waals surface area contributed by atoms with E-state index in [9.17, 15) is 72.4 Å². The van der Waals surface area contributed by atoms with E-state index in [0.717, 1.165) is 87.2 Å². The Morgan fingerprint density at radius 1 is 0.644 bits per heavy atom. The van der Waals surface area contributed by atoms with Gasteiger partial charge in [-0.2, -0.15) is 10.2 Å². The van der Waals surface area contributed by atoms with Crippen LogP contribution in [0.4, 0.5) is 53.9 Å². The van der Waals surface area contributed by atoms with Gasteiger partial charge in [0.05, 0.1) is 84.9 Å².